The highest BCUT2D eigenvalue weighted by atomic mass is 35.5. The molecule has 0 saturated heterocycles. The summed E-state index contributed by atoms with van der Waals surface area (Å²) in [6.07, 6.45) is 0. The van der Waals surface area contributed by atoms with Crippen LogP contribution in [0.2, 0.25) is 5.15 Å². The first-order valence-corrected chi connectivity index (χ1v) is 6.31. The molecule has 0 bridgehead atoms. The van der Waals surface area contributed by atoms with Crippen molar-refractivity contribution in [2.45, 2.75) is 20.4 Å². The van der Waals surface area contributed by atoms with Crippen LogP contribution < -0.4 is 4.90 Å². The highest BCUT2D eigenvalue weighted by molar-refractivity contribution is 6.31. The van der Waals surface area contributed by atoms with Gasteiger partial charge in [-0.2, -0.15) is 0 Å². The predicted octanol–water partition coefficient (Wildman–Crippen LogP) is 3.52. The summed E-state index contributed by atoms with van der Waals surface area (Å²) in [6, 6.07) is 6.37. The van der Waals surface area contributed by atoms with Crippen LogP contribution in [0.4, 0.5) is 10.2 Å². The van der Waals surface area contributed by atoms with Crippen LogP contribution in [0.5, 0.6) is 0 Å². The molecular formula is C14H15ClFN3. The van der Waals surface area contributed by atoms with E-state index in [1.54, 1.807) is 12.1 Å². The van der Waals surface area contributed by atoms with E-state index >= 15 is 0 Å². The van der Waals surface area contributed by atoms with Crippen molar-refractivity contribution < 1.29 is 4.39 Å². The van der Waals surface area contributed by atoms with Gasteiger partial charge in [-0.05, 0) is 31.5 Å². The molecule has 5 heteroatoms. The summed E-state index contributed by atoms with van der Waals surface area (Å²) >= 11 is 6.11. The minimum atomic E-state index is -0.240. The number of aromatic nitrogens is 2. The number of aryl methyl sites for hydroxylation is 2. The zero-order valence-corrected chi connectivity index (χ0v) is 11.9. The molecule has 19 heavy (non-hydrogen) atoms. The standard InChI is InChI=1S/C14H15ClFN3/c1-9-10(2)18-14(13(15)17-9)19(3)8-11-4-6-12(16)7-5-11/h4-7H,8H2,1-3H3. The van der Waals surface area contributed by atoms with Gasteiger partial charge in [0.1, 0.15) is 5.82 Å². The van der Waals surface area contributed by atoms with Gasteiger partial charge in [0.2, 0.25) is 0 Å². The molecule has 2 aromatic rings. The van der Waals surface area contributed by atoms with Crippen LogP contribution >= 0.6 is 11.6 Å². The lowest BCUT2D eigenvalue weighted by molar-refractivity contribution is 0.627. The molecule has 0 saturated carbocycles. The highest BCUT2D eigenvalue weighted by Crippen LogP contribution is 2.23. The molecule has 3 nitrogen and oxygen atoms in total. The topological polar surface area (TPSA) is 29.0 Å². The third-order valence-corrected chi connectivity index (χ3v) is 3.20. The van der Waals surface area contributed by atoms with Crippen molar-refractivity contribution in [3.8, 4) is 0 Å². The fraction of sp³-hybridized carbons (Fsp3) is 0.286. The Morgan fingerprint density at radius 1 is 1.11 bits per heavy atom. The van der Waals surface area contributed by atoms with Crippen molar-refractivity contribution in [2.24, 2.45) is 0 Å². The van der Waals surface area contributed by atoms with Crippen LogP contribution in [0.15, 0.2) is 24.3 Å². The largest absolute Gasteiger partial charge is 0.353 e. The lowest BCUT2D eigenvalue weighted by Gasteiger charge is -2.20. The minimum absolute atomic E-state index is 0.240. The molecule has 100 valence electrons. The van der Waals surface area contributed by atoms with Crippen molar-refractivity contribution in [1.82, 2.24) is 9.97 Å². The molecule has 2 rings (SSSR count). The van der Waals surface area contributed by atoms with Gasteiger partial charge in [-0.25, -0.2) is 14.4 Å². The number of rotatable bonds is 3. The summed E-state index contributed by atoms with van der Waals surface area (Å²) in [5.74, 6) is 0.393. The number of halogens is 2. The van der Waals surface area contributed by atoms with Gasteiger partial charge in [-0.3, -0.25) is 0 Å². The van der Waals surface area contributed by atoms with Crippen molar-refractivity contribution in [3.63, 3.8) is 0 Å². The molecule has 0 aliphatic rings. The molecule has 0 atom stereocenters. The first-order chi connectivity index (χ1) is 8.97. The first kappa shape index (κ1) is 13.7. The quantitative estimate of drug-likeness (QED) is 0.861. The smallest absolute Gasteiger partial charge is 0.171 e. The van der Waals surface area contributed by atoms with Crippen LogP contribution in [-0.4, -0.2) is 17.0 Å². The molecule has 0 unspecified atom stereocenters. The molecule has 0 aliphatic heterocycles. The van der Waals surface area contributed by atoms with Crippen molar-refractivity contribution >= 4 is 17.4 Å². The Kier molecular flexibility index (Phi) is 4.00. The van der Waals surface area contributed by atoms with E-state index in [1.165, 1.54) is 12.1 Å². The van der Waals surface area contributed by atoms with Gasteiger partial charge < -0.3 is 4.90 Å². The molecule has 1 heterocycles. The maximum Gasteiger partial charge on any atom is 0.171 e. The van der Waals surface area contributed by atoms with E-state index in [0.717, 1.165) is 17.0 Å². The molecular weight excluding hydrogens is 265 g/mol. The zero-order valence-electron chi connectivity index (χ0n) is 11.1. The van der Waals surface area contributed by atoms with Crippen LogP contribution in [-0.2, 0) is 6.54 Å². The van der Waals surface area contributed by atoms with E-state index in [9.17, 15) is 4.39 Å². The fourth-order valence-electron chi connectivity index (χ4n) is 1.75. The average Bonchev–Trinajstić information content (AvgIpc) is 2.36. The molecule has 0 spiro atoms. The number of hydrogen-bond acceptors (Lipinski definition) is 3. The fourth-order valence-corrected chi connectivity index (χ4v) is 2.06. The summed E-state index contributed by atoms with van der Waals surface area (Å²) in [5.41, 5.74) is 2.66. The van der Waals surface area contributed by atoms with Crippen LogP contribution in [0.1, 0.15) is 17.0 Å². The van der Waals surface area contributed by atoms with Crippen molar-refractivity contribution in [1.29, 1.82) is 0 Å². The number of hydrogen-bond donors (Lipinski definition) is 0. The molecule has 0 fully saturated rings. The van der Waals surface area contributed by atoms with Crippen LogP contribution in [0.3, 0.4) is 0 Å². The second-order valence-corrected chi connectivity index (χ2v) is 4.85. The third-order valence-electron chi connectivity index (χ3n) is 2.94. The van der Waals surface area contributed by atoms with Crippen molar-refractivity contribution in [2.75, 3.05) is 11.9 Å². The van der Waals surface area contributed by atoms with Gasteiger partial charge in [0, 0.05) is 13.6 Å². The highest BCUT2D eigenvalue weighted by Gasteiger charge is 2.12. The summed E-state index contributed by atoms with van der Waals surface area (Å²) in [6.45, 7) is 4.36. The van der Waals surface area contributed by atoms with E-state index in [-0.39, 0.29) is 5.82 Å². The SMILES string of the molecule is Cc1nc(Cl)c(N(C)Cc2ccc(F)cc2)nc1C. The third kappa shape index (κ3) is 3.20. The zero-order chi connectivity index (χ0) is 14.0. The Balaban J connectivity index is 2.22. The summed E-state index contributed by atoms with van der Waals surface area (Å²) < 4.78 is 12.9. The lowest BCUT2D eigenvalue weighted by atomic mass is 10.2. The monoisotopic (exact) mass is 279 g/mol. The minimum Gasteiger partial charge on any atom is -0.353 e. The number of benzene rings is 1. The molecule has 0 N–H and O–H groups in total. The van der Waals surface area contributed by atoms with E-state index in [4.69, 9.17) is 11.6 Å². The number of anilines is 1. The van der Waals surface area contributed by atoms with E-state index in [0.29, 0.717) is 17.5 Å². The second kappa shape index (κ2) is 5.53. The predicted molar refractivity (Wildman–Crippen MR) is 75.0 cm³/mol. The maximum absolute atomic E-state index is 12.9. The van der Waals surface area contributed by atoms with Gasteiger partial charge in [-0.15, -0.1) is 0 Å². The Hall–Kier alpha value is -1.68. The van der Waals surface area contributed by atoms with Gasteiger partial charge in [0.25, 0.3) is 0 Å². The second-order valence-electron chi connectivity index (χ2n) is 4.49. The van der Waals surface area contributed by atoms with Gasteiger partial charge in [-0.1, -0.05) is 23.7 Å². The lowest BCUT2D eigenvalue weighted by Crippen LogP contribution is -2.19. The van der Waals surface area contributed by atoms with Gasteiger partial charge in [0.05, 0.1) is 11.4 Å². The molecule has 0 radical (unpaired) electrons. The Morgan fingerprint density at radius 2 is 1.68 bits per heavy atom. The van der Waals surface area contributed by atoms with E-state index < -0.39 is 0 Å². The van der Waals surface area contributed by atoms with Gasteiger partial charge in [0.15, 0.2) is 11.0 Å². The van der Waals surface area contributed by atoms with Gasteiger partial charge >= 0.3 is 0 Å². The molecule has 1 aromatic carbocycles. The van der Waals surface area contributed by atoms with Crippen molar-refractivity contribution in [3.05, 3.63) is 52.2 Å². The van der Waals surface area contributed by atoms with E-state index in [2.05, 4.69) is 9.97 Å². The normalized spacial score (nSPS) is 10.6. The Labute approximate surface area is 117 Å². The van der Waals surface area contributed by atoms with Crippen LogP contribution in [0.25, 0.3) is 0 Å². The van der Waals surface area contributed by atoms with Crippen LogP contribution in [0, 0.1) is 19.7 Å². The molecule has 0 aliphatic carbocycles. The van der Waals surface area contributed by atoms with E-state index in [1.807, 2.05) is 25.8 Å². The summed E-state index contributed by atoms with van der Waals surface area (Å²) in [7, 11) is 1.88. The molecule has 0 amide bonds. The summed E-state index contributed by atoms with van der Waals surface area (Å²) in [5, 5.41) is 0.382. The Morgan fingerprint density at radius 3 is 2.32 bits per heavy atom. The Bertz CT molecular complexity index is 584. The maximum atomic E-state index is 12.9. The number of nitrogens with zero attached hydrogens (tertiary/aromatic N) is 3. The summed E-state index contributed by atoms with van der Waals surface area (Å²) in [4.78, 5) is 10.6. The molecule has 1 aromatic heterocycles. The first-order valence-electron chi connectivity index (χ1n) is 5.93. The average molecular weight is 280 g/mol.